The first kappa shape index (κ1) is 11.7. The second kappa shape index (κ2) is 4.72. The summed E-state index contributed by atoms with van der Waals surface area (Å²) >= 11 is 0. The third-order valence-electron chi connectivity index (χ3n) is 3.23. The molecule has 3 rings (SSSR count). The first-order chi connectivity index (χ1) is 9.29. The number of ether oxygens (including phenoxy) is 1. The Hall–Kier alpha value is -2.36. The second-order valence-electron chi connectivity index (χ2n) is 4.47. The summed E-state index contributed by atoms with van der Waals surface area (Å²) in [7, 11) is 1.69. The molecule has 0 spiro atoms. The van der Waals surface area contributed by atoms with E-state index in [2.05, 4.69) is 33.7 Å². The number of benzene rings is 1. The summed E-state index contributed by atoms with van der Waals surface area (Å²) in [5, 5.41) is 8.49. The molecule has 0 fully saturated rings. The van der Waals surface area contributed by atoms with Crippen molar-refractivity contribution in [1.29, 1.82) is 0 Å². The Labute approximate surface area is 111 Å². The normalized spacial score (nSPS) is 10.8. The van der Waals surface area contributed by atoms with Crippen LogP contribution in [0, 0.1) is 6.92 Å². The summed E-state index contributed by atoms with van der Waals surface area (Å²) in [5.74, 6) is 1.81. The van der Waals surface area contributed by atoms with E-state index in [1.165, 1.54) is 0 Å². The van der Waals surface area contributed by atoms with Crippen LogP contribution in [0.5, 0.6) is 5.75 Å². The topological polar surface area (TPSA) is 39.4 Å². The molecule has 3 aromatic rings. The number of nitrogens with zero attached hydrogens (tertiary/aromatic N) is 3. The number of hydrogen-bond acceptors (Lipinski definition) is 3. The van der Waals surface area contributed by atoms with Crippen molar-refractivity contribution in [3.05, 3.63) is 59.5 Å². The summed E-state index contributed by atoms with van der Waals surface area (Å²) in [6.45, 7) is 2.06. The van der Waals surface area contributed by atoms with Gasteiger partial charge in [-0.1, -0.05) is 24.3 Å². The van der Waals surface area contributed by atoms with Crippen LogP contribution in [-0.2, 0) is 6.42 Å². The van der Waals surface area contributed by atoms with Gasteiger partial charge in [0.25, 0.3) is 0 Å². The zero-order valence-corrected chi connectivity index (χ0v) is 11.0. The molecule has 0 aliphatic heterocycles. The Morgan fingerprint density at radius 1 is 1.05 bits per heavy atom. The SMILES string of the molecule is COc1ccccc1Cc1nnc2cccc(C)n12. The van der Waals surface area contributed by atoms with Gasteiger partial charge in [-0.15, -0.1) is 10.2 Å². The molecule has 0 amide bonds. The molecule has 0 radical (unpaired) electrons. The van der Waals surface area contributed by atoms with Crippen LogP contribution in [0.15, 0.2) is 42.5 Å². The van der Waals surface area contributed by atoms with Gasteiger partial charge < -0.3 is 4.74 Å². The molecule has 96 valence electrons. The highest BCUT2D eigenvalue weighted by molar-refractivity contribution is 5.42. The summed E-state index contributed by atoms with van der Waals surface area (Å²) in [5.41, 5.74) is 3.12. The Balaban J connectivity index is 2.06. The fourth-order valence-corrected chi connectivity index (χ4v) is 2.30. The minimum Gasteiger partial charge on any atom is -0.496 e. The summed E-state index contributed by atoms with van der Waals surface area (Å²) in [6.07, 6.45) is 0.704. The molecule has 4 nitrogen and oxygen atoms in total. The van der Waals surface area contributed by atoms with Gasteiger partial charge in [0.1, 0.15) is 11.6 Å². The predicted octanol–water partition coefficient (Wildman–Crippen LogP) is 2.64. The molecule has 1 aromatic carbocycles. The van der Waals surface area contributed by atoms with Crippen molar-refractivity contribution < 1.29 is 4.74 Å². The Morgan fingerprint density at radius 3 is 2.74 bits per heavy atom. The molecular formula is C15H15N3O. The Morgan fingerprint density at radius 2 is 1.89 bits per heavy atom. The van der Waals surface area contributed by atoms with E-state index in [0.717, 1.165) is 28.5 Å². The number of fused-ring (bicyclic) bond motifs is 1. The molecule has 0 aliphatic carbocycles. The van der Waals surface area contributed by atoms with Crippen LogP contribution < -0.4 is 4.74 Å². The molecule has 4 heteroatoms. The maximum absolute atomic E-state index is 5.38. The van der Waals surface area contributed by atoms with E-state index in [4.69, 9.17) is 4.74 Å². The minimum absolute atomic E-state index is 0.704. The van der Waals surface area contributed by atoms with Crippen LogP contribution >= 0.6 is 0 Å². The number of rotatable bonds is 3. The van der Waals surface area contributed by atoms with Crippen molar-refractivity contribution in [3.8, 4) is 5.75 Å². The van der Waals surface area contributed by atoms with Gasteiger partial charge in [-0.2, -0.15) is 0 Å². The molecule has 0 unspecified atom stereocenters. The molecule has 2 aromatic heterocycles. The average Bonchev–Trinajstić information content (AvgIpc) is 2.84. The highest BCUT2D eigenvalue weighted by Crippen LogP contribution is 2.21. The van der Waals surface area contributed by atoms with E-state index < -0.39 is 0 Å². The van der Waals surface area contributed by atoms with Gasteiger partial charge in [0.2, 0.25) is 0 Å². The number of aromatic nitrogens is 3. The molecule has 2 heterocycles. The second-order valence-corrected chi connectivity index (χ2v) is 4.47. The lowest BCUT2D eigenvalue weighted by atomic mass is 10.1. The number of hydrogen-bond donors (Lipinski definition) is 0. The molecule has 19 heavy (non-hydrogen) atoms. The first-order valence-corrected chi connectivity index (χ1v) is 6.21. The first-order valence-electron chi connectivity index (χ1n) is 6.21. The van der Waals surface area contributed by atoms with Crippen LogP contribution in [-0.4, -0.2) is 21.7 Å². The fourth-order valence-electron chi connectivity index (χ4n) is 2.30. The summed E-state index contributed by atoms with van der Waals surface area (Å²) in [4.78, 5) is 0. The van der Waals surface area contributed by atoms with Gasteiger partial charge >= 0.3 is 0 Å². The molecule has 0 aliphatic rings. The lowest BCUT2D eigenvalue weighted by Crippen LogP contribution is -2.01. The van der Waals surface area contributed by atoms with Crippen molar-refractivity contribution in [1.82, 2.24) is 14.6 Å². The fraction of sp³-hybridized carbons (Fsp3) is 0.200. The lowest BCUT2D eigenvalue weighted by molar-refractivity contribution is 0.410. The Bertz CT molecular complexity index is 718. The van der Waals surface area contributed by atoms with E-state index in [-0.39, 0.29) is 0 Å². The van der Waals surface area contributed by atoms with E-state index in [0.29, 0.717) is 6.42 Å². The molecule has 0 saturated heterocycles. The van der Waals surface area contributed by atoms with E-state index >= 15 is 0 Å². The summed E-state index contributed by atoms with van der Waals surface area (Å²) in [6, 6.07) is 14.0. The van der Waals surface area contributed by atoms with Gasteiger partial charge in [-0.05, 0) is 25.1 Å². The highest BCUT2D eigenvalue weighted by atomic mass is 16.5. The van der Waals surface area contributed by atoms with Crippen molar-refractivity contribution >= 4 is 5.65 Å². The number of aryl methyl sites for hydroxylation is 1. The molecule has 0 bridgehead atoms. The zero-order valence-electron chi connectivity index (χ0n) is 11.0. The van der Waals surface area contributed by atoms with Crippen molar-refractivity contribution in [3.63, 3.8) is 0 Å². The molecule has 0 N–H and O–H groups in total. The van der Waals surface area contributed by atoms with Gasteiger partial charge in [-0.25, -0.2) is 0 Å². The van der Waals surface area contributed by atoms with Gasteiger partial charge in [0.05, 0.1) is 7.11 Å². The number of methoxy groups -OCH3 is 1. The molecular weight excluding hydrogens is 238 g/mol. The monoisotopic (exact) mass is 253 g/mol. The Kier molecular flexibility index (Phi) is 2.91. The van der Waals surface area contributed by atoms with Gasteiger partial charge in [-0.3, -0.25) is 4.40 Å². The van der Waals surface area contributed by atoms with Crippen LogP contribution in [0.2, 0.25) is 0 Å². The molecule has 0 saturated carbocycles. The van der Waals surface area contributed by atoms with Crippen LogP contribution in [0.1, 0.15) is 17.1 Å². The third-order valence-corrected chi connectivity index (χ3v) is 3.23. The average molecular weight is 253 g/mol. The quantitative estimate of drug-likeness (QED) is 0.720. The van der Waals surface area contributed by atoms with Crippen LogP contribution in [0.3, 0.4) is 0 Å². The third kappa shape index (κ3) is 2.05. The largest absolute Gasteiger partial charge is 0.496 e. The lowest BCUT2D eigenvalue weighted by Gasteiger charge is -2.08. The predicted molar refractivity (Wildman–Crippen MR) is 73.5 cm³/mol. The summed E-state index contributed by atoms with van der Waals surface area (Å²) < 4.78 is 7.45. The van der Waals surface area contributed by atoms with Crippen molar-refractivity contribution in [2.75, 3.05) is 7.11 Å². The zero-order chi connectivity index (χ0) is 13.2. The van der Waals surface area contributed by atoms with E-state index in [1.807, 2.05) is 30.3 Å². The number of pyridine rings is 1. The van der Waals surface area contributed by atoms with Gasteiger partial charge in [0.15, 0.2) is 5.65 Å². The maximum Gasteiger partial charge on any atom is 0.160 e. The van der Waals surface area contributed by atoms with Gasteiger partial charge in [0, 0.05) is 17.7 Å². The standard InChI is InChI=1S/C15H15N3O/c1-11-6-5-9-14-16-17-15(18(11)14)10-12-7-3-4-8-13(12)19-2/h3-9H,10H2,1-2H3. The minimum atomic E-state index is 0.704. The maximum atomic E-state index is 5.38. The van der Waals surface area contributed by atoms with Crippen LogP contribution in [0.25, 0.3) is 5.65 Å². The number of para-hydroxylation sites is 1. The van der Waals surface area contributed by atoms with E-state index in [9.17, 15) is 0 Å². The van der Waals surface area contributed by atoms with Crippen molar-refractivity contribution in [2.24, 2.45) is 0 Å². The van der Waals surface area contributed by atoms with Crippen molar-refractivity contribution in [2.45, 2.75) is 13.3 Å². The molecule has 0 atom stereocenters. The highest BCUT2D eigenvalue weighted by Gasteiger charge is 2.10. The smallest absolute Gasteiger partial charge is 0.160 e. The van der Waals surface area contributed by atoms with E-state index in [1.54, 1.807) is 7.11 Å². The van der Waals surface area contributed by atoms with Crippen LogP contribution in [0.4, 0.5) is 0 Å².